The third-order valence-corrected chi connectivity index (χ3v) is 6.97. The second-order valence-corrected chi connectivity index (χ2v) is 8.97. The number of fused-ring (bicyclic) bond motifs is 1. The van der Waals surface area contributed by atoms with Crippen molar-refractivity contribution in [2.24, 2.45) is 5.92 Å². The summed E-state index contributed by atoms with van der Waals surface area (Å²) in [5.41, 5.74) is 2.51. The van der Waals surface area contributed by atoms with E-state index in [1.807, 2.05) is 30.3 Å². The quantitative estimate of drug-likeness (QED) is 0.527. The van der Waals surface area contributed by atoms with Crippen LogP contribution in [0.4, 0.5) is 0 Å². The van der Waals surface area contributed by atoms with Gasteiger partial charge in [0.25, 0.3) is 0 Å². The van der Waals surface area contributed by atoms with Crippen LogP contribution < -0.4 is 0 Å². The fraction of sp³-hybridized carbons (Fsp3) is 0.300. The molecular weight excluding hydrogens is 388 g/mol. The molecule has 0 bridgehead atoms. The molecule has 29 heavy (non-hydrogen) atoms. The molecule has 1 atom stereocenters. The van der Waals surface area contributed by atoms with E-state index in [1.165, 1.54) is 6.33 Å². The van der Waals surface area contributed by atoms with Crippen LogP contribution >= 0.6 is 0 Å². The van der Waals surface area contributed by atoms with Crippen LogP contribution in [0.25, 0.3) is 28.1 Å². The number of ether oxygens (including phenoxy) is 1. The number of aromatic amines is 1. The van der Waals surface area contributed by atoms with Crippen molar-refractivity contribution in [1.29, 1.82) is 0 Å². The highest BCUT2D eigenvalue weighted by atomic mass is 32.2. The highest BCUT2D eigenvalue weighted by Crippen LogP contribution is 2.34. The van der Waals surface area contributed by atoms with Gasteiger partial charge in [-0.3, -0.25) is 9.31 Å². The zero-order valence-corrected chi connectivity index (χ0v) is 16.7. The number of hydrogen-bond acceptors (Lipinski definition) is 6. The maximum absolute atomic E-state index is 12.9. The van der Waals surface area contributed by atoms with Crippen molar-refractivity contribution in [3.63, 3.8) is 0 Å². The van der Waals surface area contributed by atoms with E-state index in [2.05, 4.69) is 25.3 Å². The lowest BCUT2D eigenvalue weighted by molar-refractivity contribution is 0.114. The molecule has 1 aliphatic carbocycles. The smallest absolute Gasteiger partial charge is 0.162 e. The van der Waals surface area contributed by atoms with E-state index >= 15 is 0 Å². The summed E-state index contributed by atoms with van der Waals surface area (Å²) in [6.45, 7) is 0.741. The normalized spacial score (nSPS) is 19.9. The van der Waals surface area contributed by atoms with Gasteiger partial charge in [0.2, 0.25) is 0 Å². The molecule has 0 aliphatic heterocycles. The Kier molecular flexibility index (Phi) is 4.69. The maximum Gasteiger partial charge on any atom is 0.162 e. The minimum absolute atomic E-state index is 0.183. The molecule has 148 valence electrons. The summed E-state index contributed by atoms with van der Waals surface area (Å²) < 4.78 is 19.8. The average molecular weight is 408 g/mol. The topological polar surface area (TPSA) is 98.6 Å². The summed E-state index contributed by atoms with van der Waals surface area (Å²) in [5, 5.41) is 12.3. The molecule has 0 spiro atoms. The SMILES string of the molecule is COCC1CC([S@](=O)c2cnc3c(cnn3-c3cccc(-c4ncn[nH]4)c3)c2)C1. The van der Waals surface area contributed by atoms with Crippen LogP contribution in [0, 0.1) is 5.92 Å². The molecule has 9 heteroatoms. The van der Waals surface area contributed by atoms with E-state index in [0.717, 1.165) is 46.6 Å². The molecule has 5 rings (SSSR count). The molecule has 1 fully saturated rings. The zero-order chi connectivity index (χ0) is 19.8. The van der Waals surface area contributed by atoms with E-state index in [4.69, 9.17) is 4.74 Å². The monoisotopic (exact) mass is 408 g/mol. The highest BCUT2D eigenvalue weighted by Gasteiger charge is 2.34. The van der Waals surface area contributed by atoms with Gasteiger partial charge in [-0.2, -0.15) is 10.2 Å². The molecule has 3 aromatic heterocycles. The Balaban J connectivity index is 1.42. The van der Waals surface area contributed by atoms with Crippen LogP contribution in [0.1, 0.15) is 12.8 Å². The predicted octanol–water partition coefficient (Wildman–Crippen LogP) is 2.74. The number of pyridine rings is 1. The Morgan fingerprint density at radius 3 is 2.93 bits per heavy atom. The minimum Gasteiger partial charge on any atom is -0.384 e. The van der Waals surface area contributed by atoms with Gasteiger partial charge in [0.15, 0.2) is 11.5 Å². The molecule has 1 aliphatic rings. The molecule has 0 amide bonds. The Morgan fingerprint density at radius 1 is 1.24 bits per heavy atom. The first kappa shape index (κ1) is 18.1. The standard InChI is InChI=1S/C20H20N6O2S/c1-28-11-13-5-17(6-13)29(27)18-8-15-9-24-26(20(15)21-10-18)16-4-2-3-14(7-16)19-22-12-23-25-19/h2-4,7-10,12-13,17H,5-6,11H2,1H3,(H,22,23,25)/t13?,17?,29-/m0/s1. The van der Waals surface area contributed by atoms with Gasteiger partial charge < -0.3 is 4.74 Å². The number of benzene rings is 1. The Bertz CT molecular complexity index is 1170. The number of H-pyrrole nitrogens is 1. The second-order valence-electron chi connectivity index (χ2n) is 7.24. The van der Waals surface area contributed by atoms with E-state index in [9.17, 15) is 4.21 Å². The third kappa shape index (κ3) is 3.36. The third-order valence-electron chi connectivity index (χ3n) is 5.29. The number of nitrogens with zero attached hydrogens (tertiary/aromatic N) is 5. The second kappa shape index (κ2) is 7.49. The van der Waals surface area contributed by atoms with Crippen molar-refractivity contribution < 1.29 is 8.95 Å². The Hall–Kier alpha value is -2.91. The van der Waals surface area contributed by atoms with Gasteiger partial charge in [-0.25, -0.2) is 14.6 Å². The number of rotatable bonds is 6. The fourth-order valence-corrected chi connectivity index (χ4v) is 5.42. The molecule has 8 nitrogen and oxygen atoms in total. The number of methoxy groups -OCH3 is 1. The summed E-state index contributed by atoms with van der Waals surface area (Å²) in [7, 11) is 0.654. The first-order valence-electron chi connectivity index (χ1n) is 9.42. The van der Waals surface area contributed by atoms with E-state index in [1.54, 1.807) is 24.2 Å². The molecule has 4 aromatic rings. The van der Waals surface area contributed by atoms with E-state index in [0.29, 0.717) is 11.7 Å². The Morgan fingerprint density at radius 2 is 2.14 bits per heavy atom. The van der Waals surface area contributed by atoms with Crippen molar-refractivity contribution in [2.45, 2.75) is 23.0 Å². The highest BCUT2D eigenvalue weighted by molar-refractivity contribution is 7.85. The van der Waals surface area contributed by atoms with Crippen molar-refractivity contribution in [2.75, 3.05) is 13.7 Å². The first-order chi connectivity index (χ1) is 14.2. The number of hydrogen-bond donors (Lipinski definition) is 1. The summed E-state index contributed by atoms with van der Waals surface area (Å²) >= 11 is 0. The molecule has 0 unspecified atom stereocenters. The number of nitrogens with one attached hydrogen (secondary N) is 1. The molecule has 1 aromatic carbocycles. The van der Waals surface area contributed by atoms with Gasteiger partial charge in [0.05, 0.1) is 27.6 Å². The van der Waals surface area contributed by atoms with Crippen LogP contribution in [0.5, 0.6) is 0 Å². The molecule has 1 saturated carbocycles. The summed E-state index contributed by atoms with van der Waals surface area (Å²) in [6, 6.07) is 9.78. The molecular formula is C20H20N6O2S. The first-order valence-corrected chi connectivity index (χ1v) is 10.6. The lowest BCUT2D eigenvalue weighted by Gasteiger charge is -2.33. The van der Waals surface area contributed by atoms with Crippen LogP contribution in [-0.4, -0.2) is 53.1 Å². The molecule has 0 saturated heterocycles. The van der Waals surface area contributed by atoms with Crippen LogP contribution in [0.2, 0.25) is 0 Å². The molecule has 0 radical (unpaired) electrons. The zero-order valence-electron chi connectivity index (χ0n) is 15.9. The number of aromatic nitrogens is 6. The summed E-state index contributed by atoms with van der Waals surface area (Å²) in [4.78, 5) is 9.53. The van der Waals surface area contributed by atoms with Gasteiger partial charge >= 0.3 is 0 Å². The van der Waals surface area contributed by atoms with Gasteiger partial charge in [0.1, 0.15) is 6.33 Å². The van der Waals surface area contributed by atoms with E-state index in [-0.39, 0.29) is 5.25 Å². The molecule has 1 N–H and O–H groups in total. The predicted molar refractivity (Wildman–Crippen MR) is 109 cm³/mol. The van der Waals surface area contributed by atoms with Gasteiger partial charge in [-0.15, -0.1) is 0 Å². The van der Waals surface area contributed by atoms with Crippen LogP contribution in [0.3, 0.4) is 0 Å². The van der Waals surface area contributed by atoms with E-state index < -0.39 is 10.8 Å². The van der Waals surface area contributed by atoms with Gasteiger partial charge in [0, 0.05) is 36.1 Å². The lowest BCUT2D eigenvalue weighted by atomic mass is 9.85. The van der Waals surface area contributed by atoms with Gasteiger partial charge in [-0.05, 0) is 37.0 Å². The largest absolute Gasteiger partial charge is 0.384 e. The van der Waals surface area contributed by atoms with Crippen LogP contribution in [0.15, 0.2) is 53.9 Å². The minimum atomic E-state index is -1.06. The fourth-order valence-electron chi connectivity index (χ4n) is 3.74. The van der Waals surface area contributed by atoms with Gasteiger partial charge in [-0.1, -0.05) is 12.1 Å². The van der Waals surface area contributed by atoms with Crippen molar-refractivity contribution in [1.82, 2.24) is 29.9 Å². The Labute approximate surface area is 169 Å². The van der Waals surface area contributed by atoms with Crippen LogP contribution in [-0.2, 0) is 15.5 Å². The maximum atomic E-state index is 12.9. The average Bonchev–Trinajstić information content (AvgIpc) is 3.39. The lowest BCUT2D eigenvalue weighted by Crippen LogP contribution is -2.35. The molecule has 3 heterocycles. The summed E-state index contributed by atoms with van der Waals surface area (Å²) in [5.74, 6) is 1.21. The van der Waals surface area contributed by atoms with Crippen molar-refractivity contribution in [3.05, 3.63) is 49.1 Å². The summed E-state index contributed by atoms with van der Waals surface area (Å²) in [6.07, 6.45) is 6.83. The van der Waals surface area contributed by atoms with Crippen molar-refractivity contribution in [3.8, 4) is 17.1 Å². The van der Waals surface area contributed by atoms with Crippen molar-refractivity contribution >= 4 is 21.8 Å².